The van der Waals surface area contributed by atoms with Gasteiger partial charge in [-0.05, 0) is 37.3 Å². The van der Waals surface area contributed by atoms with E-state index in [1.807, 2.05) is 29.8 Å². The van der Waals surface area contributed by atoms with Gasteiger partial charge in [0.25, 0.3) is 0 Å². The average molecular weight is 223 g/mol. The molecule has 72 valence electrons. The minimum absolute atomic E-state index is 0.0871. The van der Waals surface area contributed by atoms with Crippen LogP contribution in [-0.2, 0) is 7.05 Å². The molecule has 0 N–H and O–H groups in total. The summed E-state index contributed by atoms with van der Waals surface area (Å²) in [5.74, 6) is 0.0871. The summed E-state index contributed by atoms with van der Waals surface area (Å²) in [6.07, 6.45) is 0. The van der Waals surface area contributed by atoms with Crippen molar-refractivity contribution in [1.29, 1.82) is 0 Å². The molecule has 0 fully saturated rings. The molecule has 0 saturated heterocycles. The Morgan fingerprint density at radius 3 is 2.86 bits per heavy atom. The van der Waals surface area contributed by atoms with Crippen molar-refractivity contribution < 1.29 is 4.79 Å². The van der Waals surface area contributed by atoms with Gasteiger partial charge in [0.2, 0.25) is 0 Å². The number of benzene rings is 1. The van der Waals surface area contributed by atoms with Gasteiger partial charge in [-0.15, -0.1) is 11.3 Å². The Morgan fingerprint density at radius 1 is 1.50 bits per heavy atom. The van der Waals surface area contributed by atoms with Crippen molar-refractivity contribution in [3.05, 3.63) is 27.7 Å². The fourth-order valence-electron chi connectivity index (χ4n) is 1.35. The predicted molar refractivity (Wildman–Crippen MR) is 61.6 cm³/mol. The summed E-state index contributed by atoms with van der Waals surface area (Å²) in [6.45, 7) is 1.57. The normalized spacial score (nSPS) is 10.7. The molecule has 0 radical (unpaired) electrons. The first-order valence-electron chi connectivity index (χ1n) is 4.20. The highest BCUT2D eigenvalue weighted by Gasteiger charge is 2.04. The lowest BCUT2D eigenvalue weighted by molar-refractivity contribution is 0.101. The number of Topliss-reactive ketones (excluding diaryl/α,β-unsaturated/α-hetero) is 1. The summed E-state index contributed by atoms with van der Waals surface area (Å²) in [4.78, 5) is 11.2. The molecule has 1 aromatic heterocycles. The van der Waals surface area contributed by atoms with Crippen LogP contribution in [-0.4, -0.2) is 10.4 Å². The first-order chi connectivity index (χ1) is 6.59. The van der Waals surface area contributed by atoms with Gasteiger partial charge in [0.15, 0.2) is 9.74 Å². The Balaban J connectivity index is 2.82. The summed E-state index contributed by atoms with van der Waals surface area (Å²) < 4.78 is 3.89. The third-order valence-corrected chi connectivity index (χ3v) is 3.74. The van der Waals surface area contributed by atoms with E-state index in [0.717, 1.165) is 19.7 Å². The molecule has 0 spiro atoms. The maximum absolute atomic E-state index is 11.2. The second kappa shape index (κ2) is 3.29. The molecule has 14 heavy (non-hydrogen) atoms. The number of hydrogen-bond donors (Lipinski definition) is 0. The van der Waals surface area contributed by atoms with Crippen molar-refractivity contribution >= 4 is 39.6 Å². The van der Waals surface area contributed by atoms with Crippen molar-refractivity contribution in [2.24, 2.45) is 7.05 Å². The summed E-state index contributed by atoms with van der Waals surface area (Å²) in [6, 6.07) is 5.69. The van der Waals surface area contributed by atoms with E-state index in [9.17, 15) is 4.79 Å². The second-order valence-electron chi connectivity index (χ2n) is 3.17. The van der Waals surface area contributed by atoms with Crippen LogP contribution < -0.4 is 0 Å². The van der Waals surface area contributed by atoms with Gasteiger partial charge in [-0.3, -0.25) is 4.79 Å². The van der Waals surface area contributed by atoms with Crippen molar-refractivity contribution in [2.45, 2.75) is 6.92 Å². The van der Waals surface area contributed by atoms with Crippen molar-refractivity contribution in [2.75, 3.05) is 0 Å². The molecule has 0 amide bonds. The van der Waals surface area contributed by atoms with Crippen molar-refractivity contribution in [3.63, 3.8) is 0 Å². The van der Waals surface area contributed by atoms with Crippen LogP contribution in [0.2, 0.25) is 0 Å². The summed E-state index contributed by atoms with van der Waals surface area (Å²) in [7, 11) is 1.92. The largest absolute Gasteiger partial charge is 0.326 e. The topological polar surface area (TPSA) is 22.0 Å². The van der Waals surface area contributed by atoms with Gasteiger partial charge in [-0.25, -0.2) is 0 Å². The lowest BCUT2D eigenvalue weighted by Crippen LogP contribution is -1.93. The van der Waals surface area contributed by atoms with Gasteiger partial charge in [-0.1, -0.05) is 0 Å². The highest BCUT2D eigenvalue weighted by Crippen LogP contribution is 2.23. The Labute approximate surface area is 90.8 Å². The lowest BCUT2D eigenvalue weighted by atomic mass is 10.1. The number of hydrogen-bond acceptors (Lipinski definition) is 3. The van der Waals surface area contributed by atoms with Gasteiger partial charge in [0.1, 0.15) is 0 Å². The van der Waals surface area contributed by atoms with E-state index in [2.05, 4.69) is 0 Å². The quantitative estimate of drug-likeness (QED) is 0.547. The van der Waals surface area contributed by atoms with Crippen LogP contribution in [0.5, 0.6) is 0 Å². The van der Waals surface area contributed by atoms with Gasteiger partial charge in [0, 0.05) is 12.6 Å². The van der Waals surface area contributed by atoms with Gasteiger partial charge < -0.3 is 4.57 Å². The van der Waals surface area contributed by atoms with Gasteiger partial charge in [0.05, 0.1) is 10.2 Å². The molecule has 1 heterocycles. The molecule has 0 unspecified atom stereocenters. The van der Waals surface area contributed by atoms with E-state index < -0.39 is 0 Å². The molecule has 0 atom stereocenters. The molecule has 2 nitrogen and oxygen atoms in total. The molecular weight excluding hydrogens is 214 g/mol. The molecule has 0 bridgehead atoms. The third-order valence-electron chi connectivity index (χ3n) is 2.20. The van der Waals surface area contributed by atoms with Crippen LogP contribution >= 0.6 is 23.6 Å². The molecule has 1 aromatic carbocycles. The fourth-order valence-corrected chi connectivity index (χ4v) is 2.57. The zero-order chi connectivity index (χ0) is 10.3. The van der Waals surface area contributed by atoms with Crippen LogP contribution in [0, 0.1) is 3.95 Å². The highest BCUT2D eigenvalue weighted by molar-refractivity contribution is 7.73. The maximum atomic E-state index is 11.2. The number of aryl methyl sites for hydroxylation is 1. The molecule has 0 aliphatic heterocycles. The number of aromatic nitrogens is 1. The zero-order valence-electron chi connectivity index (χ0n) is 7.90. The molecule has 0 aliphatic carbocycles. The Kier molecular flexibility index (Phi) is 2.25. The van der Waals surface area contributed by atoms with Gasteiger partial charge >= 0.3 is 0 Å². The standard InChI is InChI=1S/C10H9NOS2/c1-6(12)7-3-4-9-8(5-7)11(2)10(13)14-9/h3-5H,1-2H3. The van der Waals surface area contributed by atoms with E-state index in [1.54, 1.807) is 18.3 Å². The van der Waals surface area contributed by atoms with E-state index in [0.29, 0.717) is 0 Å². The van der Waals surface area contributed by atoms with E-state index >= 15 is 0 Å². The van der Waals surface area contributed by atoms with Crippen LogP contribution in [0.15, 0.2) is 18.2 Å². The molecule has 4 heteroatoms. The minimum atomic E-state index is 0.0871. The Hall–Kier alpha value is -1.00. The minimum Gasteiger partial charge on any atom is -0.326 e. The lowest BCUT2D eigenvalue weighted by Gasteiger charge is -1.97. The molecule has 0 saturated carbocycles. The van der Waals surface area contributed by atoms with Gasteiger partial charge in [-0.2, -0.15) is 0 Å². The third kappa shape index (κ3) is 1.40. The fraction of sp³-hybridized carbons (Fsp3) is 0.200. The SMILES string of the molecule is CC(=O)c1ccc2sc(=S)n(C)c2c1. The highest BCUT2D eigenvalue weighted by atomic mass is 32.1. The number of carbonyl (C=O) groups excluding carboxylic acids is 1. The first kappa shape index (κ1) is 9.55. The van der Waals surface area contributed by atoms with E-state index in [4.69, 9.17) is 12.2 Å². The summed E-state index contributed by atoms with van der Waals surface area (Å²) >= 11 is 6.73. The average Bonchev–Trinajstić information content (AvgIpc) is 2.43. The number of thiazole rings is 1. The van der Waals surface area contributed by atoms with Crippen molar-refractivity contribution in [1.82, 2.24) is 4.57 Å². The molecule has 0 aliphatic rings. The number of ketones is 1. The van der Waals surface area contributed by atoms with E-state index in [-0.39, 0.29) is 5.78 Å². The Morgan fingerprint density at radius 2 is 2.21 bits per heavy atom. The van der Waals surface area contributed by atoms with Crippen LogP contribution in [0.4, 0.5) is 0 Å². The first-order valence-corrected chi connectivity index (χ1v) is 5.42. The molecule has 2 rings (SSSR count). The number of fused-ring (bicyclic) bond motifs is 1. The van der Waals surface area contributed by atoms with Crippen LogP contribution in [0.1, 0.15) is 17.3 Å². The zero-order valence-corrected chi connectivity index (χ0v) is 9.54. The molecule has 2 aromatic rings. The van der Waals surface area contributed by atoms with Crippen LogP contribution in [0.3, 0.4) is 0 Å². The number of nitrogens with zero attached hydrogens (tertiary/aromatic N) is 1. The van der Waals surface area contributed by atoms with Crippen molar-refractivity contribution in [3.8, 4) is 0 Å². The smallest absolute Gasteiger partial charge is 0.161 e. The molecular formula is C10H9NOS2. The van der Waals surface area contributed by atoms with Crippen LogP contribution in [0.25, 0.3) is 10.2 Å². The predicted octanol–water partition coefficient (Wildman–Crippen LogP) is 3.17. The second-order valence-corrected chi connectivity index (χ2v) is 4.84. The maximum Gasteiger partial charge on any atom is 0.161 e. The Bertz CT molecular complexity index is 565. The summed E-state index contributed by atoms with van der Waals surface area (Å²) in [5.41, 5.74) is 1.77. The number of carbonyl (C=O) groups is 1. The summed E-state index contributed by atoms with van der Waals surface area (Å²) in [5, 5.41) is 0. The monoisotopic (exact) mass is 223 g/mol. The van der Waals surface area contributed by atoms with E-state index in [1.165, 1.54) is 0 Å². The number of rotatable bonds is 1.